The van der Waals surface area contributed by atoms with Crippen LogP contribution in [0.15, 0.2) is 22.0 Å². The van der Waals surface area contributed by atoms with Crippen LogP contribution in [0.2, 0.25) is 5.02 Å². The molecule has 0 heterocycles. The molecule has 0 bridgehead atoms. The molecule has 0 saturated heterocycles. The summed E-state index contributed by atoms with van der Waals surface area (Å²) in [6.45, 7) is 2.80. The van der Waals surface area contributed by atoms with Gasteiger partial charge in [-0.15, -0.1) is 0 Å². The topological polar surface area (TPSA) is 107 Å². The number of ketones is 1. The van der Waals surface area contributed by atoms with Crippen molar-refractivity contribution in [3.05, 3.63) is 22.7 Å². The smallest absolute Gasteiger partial charge is 0.861 e. The van der Waals surface area contributed by atoms with Crippen molar-refractivity contribution >= 4 is 39.1 Å². The second kappa shape index (κ2) is 7.53. The van der Waals surface area contributed by atoms with Crippen molar-refractivity contribution in [3.63, 3.8) is 0 Å². The summed E-state index contributed by atoms with van der Waals surface area (Å²) in [5.41, 5.74) is 0.386. The van der Waals surface area contributed by atoms with Gasteiger partial charge in [0, 0.05) is 6.42 Å². The molecule has 0 aliphatic carbocycles. The fourth-order valence-electron chi connectivity index (χ4n) is 1.36. The number of aryl methyl sites for hydroxylation is 1. The molecule has 0 aliphatic heterocycles. The summed E-state index contributed by atoms with van der Waals surface area (Å²) in [7, 11) is -4.50. The van der Waals surface area contributed by atoms with Crippen LogP contribution in [0, 0.1) is 6.92 Å². The molecule has 0 aromatic heterocycles. The van der Waals surface area contributed by atoms with Gasteiger partial charge in [0.05, 0.1) is 10.7 Å². The fraction of sp³-hybridized carbons (Fsp3) is 0.273. The average molecular weight is 328 g/mol. The van der Waals surface area contributed by atoms with E-state index in [-0.39, 0.29) is 46.1 Å². The number of halogens is 1. The van der Waals surface area contributed by atoms with Crippen LogP contribution in [0.5, 0.6) is 0 Å². The van der Waals surface area contributed by atoms with Gasteiger partial charge in [-0.25, -0.2) is 0 Å². The number of benzene rings is 1. The Kier molecular flexibility index (Phi) is 7.37. The molecule has 1 aromatic rings. The first kappa shape index (κ1) is 19.6. The largest absolute Gasteiger partial charge is 1.00 e. The van der Waals surface area contributed by atoms with Crippen molar-refractivity contribution in [1.29, 1.82) is 0 Å². The maximum atomic E-state index is 11.4. The minimum atomic E-state index is -4.50. The number of aliphatic imine (C=N–C) groups is 1. The van der Waals surface area contributed by atoms with E-state index in [1.54, 1.807) is 6.92 Å². The first-order valence-corrected chi connectivity index (χ1v) is 6.95. The minimum absolute atomic E-state index is 0. The van der Waals surface area contributed by atoms with Gasteiger partial charge in [0.25, 0.3) is 10.1 Å². The van der Waals surface area contributed by atoms with Gasteiger partial charge in [0.1, 0.15) is 10.7 Å². The van der Waals surface area contributed by atoms with Gasteiger partial charge in [-0.05, 0) is 31.4 Å². The fourth-order valence-corrected chi connectivity index (χ4v) is 2.47. The van der Waals surface area contributed by atoms with Crippen LogP contribution in [0.3, 0.4) is 0 Å². The quantitative estimate of drug-likeness (QED) is 0.306. The number of carbonyl (C=O) groups excluding carboxylic acids is 1. The Morgan fingerprint density at radius 1 is 1.45 bits per heavy atom. The van der Waals surface area contributed by atoms with E-state index in [9.17, 15) is 18.3 Å². The van der Waals surface area contributed by atoms with Crippen LogP contribution >= 0.6 is 11.6 Å². The Labute approximate surface area is 143 Å². The molecular weight excluding hydrogens is 317 g/mol. The van der Waals surface area contributed by atoms with Crippen molar-refractivity contribution in [3.8, 4) is 0 Å². The number of Topliss-reactive ketones (excluding diaryl/α,β-unsaturated/α-hetero) is 1. The monoisotopic (exact) mass is 327 g/mol. The van der Waals surface area contributed by atoms with E-state index in [2.05, 4.69) is 4.99 Å². The number of carbonyl (C=O) groups is 1. The summed E-state index contributed by atoms with van der Waals surface area (Å²) in [6.07, 6.45) is -0.397. The molecule has 0 fully saturated rings. The zero-order chi connectivity index (χ0) is 14.8. The van der Waals surface area contributed by atoms with Gasteiger partial charge < -0.3 is 5.11 Å². The molecular formula is C11H11ClNNaO5S. The molecule has 0 unspecified atom stereocenters. The summed E-state index contributed by atoms with van der Waals surface area (Å²) >= 11 is 5.81. The normalized spacial score (nSPS) is 11.9. The number of hydrogen-bond acceptors (Lipinski definition) is 5. The first-order valence-electron chi connectivity index (χ1n) is 5.13. The van der Waals surface area contributed by atoms with Crippen molar-refractivity contribution in [2.45, 2.75) is 25.2 Å². The van der Waals surface area contributed by atoms with Crippen molar-refractivity contribution < 1.29 is 52.4 Å². The van der Waals surface area contributed by atoms with Crippen LogP contribution < -0.4 is 34.7 Å². The van der Waals surface area contributed by atoms with E-state index in [1.807, 2.05) is 0 Å². The summed E-state index contributed by atoms with van der Waals surface area (Å²) in [5.74, 6) is -1.10. The minimum Gasteiger partial charge on any atom is -0.861 e. The molecule has 9 heteroatoms. The third kappa shape index (κ3) is 5.16. The Hall–Kier alpha value is -0.440. The van der Waals surface area contributed by atoms with E-state index < -0.39 is 27.3 Å². The van der Waals surface area contributed by atoms with Gasteiger partial charge >= 0.3 is 29.6 Å². The molecule has 0 radical (unpaired) electrons. The maximum Gasteiger partial charge on any atom is 1.00 e. The molecule has 0 amide bonds. The molecule has 0 spiro atoms. The Morgan fingerprint density at radius 3 is 2.45 bits per heavy atom. The molecule has 0 saturated carbocycles. The summed E-state index contributed by atoms with van der Waals surface area (Å²) in [5, 5.41) is 11.1. The van der Waals surface area contributed by atoms with Gasteiger partial charge in [-0.1, -0.05) is 17.7 Å². The SMILES string of the molecule is CC(=O)CC([O-])=Nc1c(C)ccc(S(=O)(=O)O)c1Cl.[Na+]. The molecule has 1 rings (SSSR count). The van der Waals surface area contributed by atoms with Gasteiger partial charge in [0.2, 0.25) is 0 Å². The number of hydrogen-bond donors (Lipinski definition) is 1. The molecule has 0 atom stereocenters. The number of rotatable bonds is 4. The molecule has 1 N–H and O–H groups in total. The summed E-state index contributed by atoms with van der Waals surface area (Å²) in [4.78, 5) is 13.9. The first-order chi connectivity index (χ1) is 8.62. The van der Waals surface area contributed by atoms with Gasteiger partial charge in [-0.2, -0.15) is 8.42 Å². The molecule has 20 heavy (non-hydrogen) atoms. The predicted octanol–water partition coefficient (Wildman–Crippen LogP) is -1.73. The molecule has 104 valence electrons. The van der Waals surface area contributed by atoms with E-state index in [0.717, 1.165) is 6.07 Å². The van der Waals surface area contributed by atoms with Crippen molar-refractivity contribution in [2.24, 2.45) is 4.99 Å². The Morgan fingerprint density at radius 2 is 2.00 bits per heavy atom. The van der Waals surface area contributed by atoms with Gasteiger partial charge in [-0.3, -0.25) is 14.3 Å². The second-order valence-corrected chi connectivity index (χ2v) is 5.67. The van der Waals surface area contributed by atoms with E-state index in [4.69, 9.17) is 16.2 Å². The summed E-state index contributed by atoms with van der Waals surface area (Å²) in [6, 6.07) is 2.47. The molecule has 1 aromatic carbocycles. The predicted molar refractivity (Wildman–Crippen MR) is 68.4 cm³/mol. The van der Waals surface area contributed by atoms with Crippen molar-refractivity contribution in [2.75, 3.05) is 0 Å². The average Bonchev–Trinajstić information content (AvgIpc) is 2.21. The third-order valence-electron chi connectivity index (χ3n) is 2.20. The molecule has 0 aliphatic rings. The van der Waals surface area contributed by atoms with Crippen LogP contribution in [0.25, 0.3) is 0 Å². The van der Waals surface area contributed by atoms with E-state index in [0.29, 0.717) is 5.56 Å². The zero-order valence-corrected chi connectivity index (χ0v) is 14.7. The maximum absolute atomic E-state index is 11.4. The second-order valence-electron chi connectivity index (χ2n) is 3.90. The van der Waals surface area contributed by atoms with Crippen molar-refractivity contribution in [1.82, 2.24) is 0 Å². The summed E-state index contributed by atoms with van der Waals surface area (Å²) < 4.78 is 31.1. The molecule has 6 nitrogen and oxygen atoms in total. The third-order valence-corrected chi connectivity index (χ3v) is 3.59. The van der Waals surface area contributed by atoms with Crippen LogP contribution in [0.1, 0.15) is 18.9 Å². The van der Waals surface area contributed by atoms with Crippen LogP contribution in [-0.2, 0) is 14.9 Å². The number of nitrogens with zero attached hydrogens (tertiary/aromatic N) is 1. The Balaban J connectivity index is 0.00000361. The van der Waals surface area contributed by atoms with Crippen LogP contribution in [0.4, 0.5) is 5.69 Å². The van der Waals surface area contributed by atoms with Crippen LogP contribution in [-0.4, -0.2) is 24.7 Å². The van der Waals surface area contributed by atoms with Gasteiger partial charge in [0.15, 0.2) is 0 Å². The standard InChI is InChI=1S/C11H12ClNO5S.Na/c1-6-3-4-8(19(16,17)18)10(12)11(6)13-9(15)5-7(2)14;/h3-4H,5H2,1-2H3,(H,13,15)(H,16,17,18);/q;+1/p-1. The zero-order valence-electron chi connectivity index (χ0n) is 11.2. The van der Waals surface area contributed by atoms with E-state index in [1.165, 1.54) is 13.0 Å². The Bertz CT molecular complexity index is 657. The van der Waals surface area contributed by atoms with E-state index >= 15 is 0 Å².